The molecular weight excluding hydrogens is 465 g/mol. The minimum Gasteiger partial charge on any atom is -0.495 e. The number of hydrogen-bond donors (Lipinski definition) is 3. The molecule has 36 heavy (non-hydrogen) atoms. The highest BCUT2D eigenvalue weighted by molar-refractivity contribution is 5.88. The van der Waals surface area contributed by atoms with Crippen LogP contribution in [0.4, 0.5) is 10.2 Å². The number of aliphatic hydroxyl groups excluding tert-OH is 1. The van der Waals surface area contributed by atoms with Gasteiger partial charge in [0.15, 0.2) is 5.82 Å². The van der Waals surface area contributed by atoms with Gasteiger partial charge < -0.3 is 9.84 Å². The number of benzene rings is 1. The minimum absolute atomic E-state index is 0.0454. The van der Waals surface area contributed by atoms with Gasteiger partial charge in [-0.3, -0.25) is 25.2 Å². The Morgan fingerprint density at radius 1 is 1.11 bits per heavy atom. The lowest BCUT2D eigenvalue weighted by Gasteiger charge is -2.24. The first-order chi connectivity index (χ1) is 17.4. The molecule has 0 saturated carbocycles. The summed E-state index contributed by atoms with van der Waals surface area (Å²) in [6.07, 6.45) is 1.41. The largest absolute Gasteiger partial charge is 0.495 e. The number of aromatic nitrogens is 4. The summed E-state index contributed by atoms with van der Waals surface area (Å²) in [5.41, 5.74) is 3.60. The van der Waals surface area contributed by atoms with Gasteiger partial charge in [-0.15, -0.1) is 0 Å². The molecule has 0 spiro atoms. The van der Waals surface area contributed by atoms with Crippen molar-refractivity contribution < 1.29 is 19.4 Å². The van der Waals surface area contributed by atoms with Crippen LogP contribution in [0.1, 0.15) is 17.1 Å². The molecule has 0 saturated heterocycles. The summed E-state index contributed by atoms with van der Waals surface area (Å²) >= 11 is 0. The molecule has 184 valence electrons. The van der Waals surface area contributed by atoms with Gasteiger partial charge in [0.05, 0.1) is 49.1 Å². The van der Waals surface area contributed by atoms with E-state index in [1.807, 2.05) is 43.3 Å². The molecule has 3 N–H and O–H groups in total. The van der Waals surface area contributed by atoms with Gasteiger partial charge in [-0.25, -0.2) is 9.37 Å². The number of halogens is 1. The van der Waals surface area contributed by atoms with Crippen LogP contribution in [0.15, 0.2) is 54.7 Å². The van der Waals surface area contributed by atoms with E-state index in [9.17, 15) is 14.7 Å². The fourth-order valence-electron chi connectivity index (χ4n) is 4.26. The Bertz CT molecular complexity index is 1490. The van der Waals surface area contributed by atoms with E-state index < -0.39 is 5.82 Å². The second kappa shape index (κ2) is 9.46. The number of methoxy groups -OCH3 is 1. The zero-order valence-electron chi connectivity index (χ0n) is 19.7. The number of pyridine rings is 2. The molecule has 0 fully saturated rings. The number of ether oxygens (including phenoxy) is 1. The van der Waals surface area contributed by atoms with Gasteiger partial charge in [-0.2, -0.15) is 10.2 Å². The van der Waals surface area contributed by atoms with Crippen LogP contribution >= 0.6 is 0 Å². The standard InChI is InChI=1S/C25H24FN7O3/c1-15-8-17(9-18(13-34)29-15)22-23(16-6-4-3-5-7-16)30-25(27)32-14-31(33(35)24(22)32)12-21-20(26)10-19(36-2)11-28-21/h3-11,27,34-35H,12-14H2,1-2H3. The van der Waals surface area contributed by atoms with Crippen LogP contribution < -0.4 is 15.5 Å². The lowest BCUT2D eigenvalue weighted by Crippen LogP contribution is -2.35. The van der Waals surface area contributed by atoms with Gasteiger partial charge in [0.1, 0.15) is 18.2 Å². The SMILES string of the molecule is COc1cnc(CN2Cn3c(c(-c4cc(C)nc(CO)c4)c(-c4ccccc4)nc3=N)N2O)c(F)c1. The molecule has 0 amide bonds. The fraction of sp³-hybridized carbons (Fsp3) is 0.200. The van der Waals surface area contributed by atoms with Gasteiger partial charge in [0, 0.05) is 17.3 Å². The number of fused-ring (bicyclic) bond motifs is 1. The number of hydrazine groups is 1. The molecule has 3 aromatic heterocycles. The summed E-state index contributed by atoms with van der Waals surface area (Å²) in [6, 6.07) is 14.1. The van der Waals surface area contributed by atoms with Crippen LogP contribution in [0.2, 0.25) is 0 Å². The van der Waals surface area contributed by atoms with Crippen molar-refractivity contribution in [3.8, 4) is 28.1 Å². The highest BCUT2D eigenvalue weighted by Crippen LogP contribution is 2.40. The van der Waals surface area contributed by atoms with Crippen LogP contribution in [0.25, 0.3) is 22.4 Å². The van der Waals surface area contributed by atoms with E-state index in [1.54, 1.807) is 6.07 Å². The van der Waals surface area contributed by atoms with Gasteiger partial charge in [0.25, 0.3) is 0 Å². The van der Waals surface area contributed by atoms with E-state index in [2.05, 4.69) is 15.0 Å². The molecular formula is C25H24FN7O3. The molecule has 4 aromatic rings. The monoisotopic (exact) mass is 489 g/mol. The maximum absolute atomic E-state index is 14.6. The van der Waals surface area contributed by atoms with E-state index in [0.717, 1.165) is 10.7 Å². The number of nitrogens with one attached hydrogen (secondary N) is 1. The lowest BCUT2D eigenvalue weighted by molar-refractivity contribution is 0.0604. The van der Waals surface area contributed by atoms with Gasteiger partial charge in [0.2, 0.25) is 5.62 Å². The molecule has 0 bridgehead atoms. The second-order valence-corrected chi connectivity index (χ2v) is 8.32. The molecule has 4 heterocycles. The Hall–Kier alpha value is -4.19. The van der Waals surface area contributed by atoms with Crippen LogP contribution in [0.5, 0.6) is 5.75 Å². The average Bonchev–Trinajstić information content (AvgIpc) is 3.21. The molecule has 5 rings (SSSR count). The van der Waals surface area contributed by atoms with E-state index in [1.165, 1.54) is 28.9 Å². The minimum atomic E-state index is -0.574. The number of rotatable bonds is 6. The Labute approximate surface area is 206 Å². The molecule has 10 nitrogen and oxygen atoms in total. The van der Waals surface area contributed by atoms with E-state index in [0.29, 0.717) is 28.2 Å². The zero-order chi connectivity index (χ0) is 25.4. The Kier molecular flexibility index (Phi) is 6.18. The number of aliphatic hydroxyl groups is 1. The molecule has 1 aromatic carbocycles. The van der Waals surface area contributed by atoms with E-state index in [-0.39, 0.29) is 42.7 Å². The van der Waals surface area contributed by atoms with Crippen molar-refractivity contribution in [1.82, 2.24) is 24.5 Å². The first kappa shape index (κ1) is 23.5. The third-order valence-electron chi connectivity index (χ3n) is 5.92. The van der Waals surface area contributed by atoms with Crippen molar-refractivity contribution in [2.45, 2.75) is 26.7 Å². The van der Waals surface area contributed by atoms with Crippen molar-refractivity contribution in [1.29, 1.82) is 5.41 Å². The van der Waals surface area contributed by atoms with E-state index >= 15 is 0 Å². The normalized spacial score (nSPS) is 13.2. The first-order valence-corrected chi connectivity index (χ1v) is 11.2. The van der Waals surface area contributed by atoms with Crippen LogP contribution in [-0.4, -0.2) is 42.0 Å². The lowest BCUT2D eigenvalue weighted by atomic mass is 9.99. The van der Waals surface area contributed by atoms with Crippen LogP contribution in [0.3, 0.4) is 0 Å². The topological polar surface area (TPSA) is 124 Å². The van der Waals surface area contributed by atoms with Crippen molar-refractivity contribution in [3.63, 3.8) is 0 Å². The van der Waals surface area contributed by atoms with Crippen molar-refractivity contribution in [3.05, 3.63) is 83.2 Å². The highest BCUT2D eigenvalue weighted by Gasteiger charge is 2.33. The van der Waals surface area contributed by atoms with Crippen LogP contribution in [-0.2, 0) is 19.8 Å². The summed E-state index contributed by atoms with van der Waals surface area (Å²) in [4.78, 5) is 13.0. The molecule has 11 heteroatoms. The molecule has 1 aliphatic heterocycles. The second-order valence-electron chi connectivity index (χ2n) is 8.32. The average molecular weight is 490 g/mol. The number of nitrogens with zero attached hydrogens (tertiary/aromatic N) is 6. The van der Waals surface area contributed by atoms with Crippen molar-refractivity contribution in [2.24, 2.45) is 0 Å². The summed E-state index contributed by atoms with van der Waals surface area (Å²) in [5, 5.41) is 32.0. The zero-order valence-corrected chi connectivity index (χ0v) is 19.7. The third kappa shape index (κ3) is 4.19. The Morgan fingerprint density at radius 3 is 2.58 bits per heavy atom. The molecule has 0 radical (unpaired) electrons. The predicted molar refractivity (Wildman–Crippen MR) is 128 cm³/mol. The summed E-state index contributed by atoms with van der Waals surface area (Å²) in [7, 11) is 1.43. The third-order valence-corrected chi connectivity index (χ3v) is 5.92. The molecule has 0 aliphatic carbocycles. The maximum atomic E-state index is 14.6. The smallest absolute Gasteiger partial charge is 0.225 e. The van der Waals surface area contributed by atoms with Crippen molar-refractivity contribution >= 4 is 5.82 Å². The predicted octanol–water partition coefficient (Wildman–Crippen LogP) is 3.02. The quantitative estimate of drug-likeness (QED) is 0.378. The van der Waals surface area contributed by atoms with E-state index in [4.69, 9.17) is 10.1 Å². The molecule has 0 unspecified atom stereocenters. The van der Waals surface area contributed by atoms with Gasteiger partial charge in [-0.1, -0.05) is 30.3 Å². The maximum Gasteiger partial charge on any atom is 0.225 e. The summed E-state index contributed by atoms with van der Waals surface area (Å²) < 4.78 is 21.2. The fourth-order valence-corrected chi connectivity index (χ4v) is 4.26. The molecule has 1 aliphatic rings. The van der Waals surface area contributed by atoms with Gasteiger partial charge in [-0.05, 0) is 24.6 Å². The summed E-state index contributed by atoms with van der Waals surface area (Å²) in [5.74, 6) is 0.00380. The van der Waals surface area contributed by atoms with Crippen molar-refractivity contribution in [2.75, 3.05) is 12.3 Å². The number of hydrogen-bond acceptors (Lipinski definition) is 9. The molecule has 0 atom stereocenters. The number of anilines is 1. The van der Waals surface area contributed by atoms with Gasteiger partial charge >= 0.3 is 0 Å². The number of aryl methyl sites for hydroxylation is 1. The summed E-state index contributed by atoms with van der Waals surface area (Å²) in [6.45, 7) is 1.53. The highest BCUT2D eigenvalue weighted by atomic mass is 19.1. The first-order valence-electron chi connectivity index (χ1n) is 11.2. The Balaban J connectivity index is 1.67. The van der Waals surface area contributed by atoms with Crippen LogP contribution in [0, 0.1) is 18.2 Å². The Morgan fingerprint density at radius 2 is 1.89 bits per heavy atom.